The maximum absolute atomic E-state index is 15.0. The van der Waals surface area contributed by atoms with Crippen molar-refractivity contribution in [1.82, 2.24) is 24.8 Å². The minimum absolute atomic E-state index is 0.00527. The minimum Gasteiger partial charge on any atom is -0.508 e. The van der Waals surface area contributed by atoms with Gasteiger partial charge >= 0.3 is 6.01 Å². The number of aromatic hydroxyl groups is 1. The van der Waals surface area contributed by atoms with Crippen molar-refractivity contribution in [2.45, 2.75) is 69.2 Å². The second-order valence-corrected chi connectivity index (χ2v) is 12.7. The van der Waals surface area contributed by atoms with Gasteiger partial charge in [-0.2, -0.15) is 9.97 Å². The lowest BCUT2D eigenvalue weighted by Gasteiger charge is -2.34. The molecule has 230 valence electrons. The Morgan fingerprint density at radius 2 is 2.00 bits per heavy atom. The fourth-order valence-corrected chi connectivity index (χ4v) is 7.94. The molecule has 2 aromatic heterocycles. The Kier molecular flexibility index (Phi) is 6.01. The van der Waals surface area contributed by atoms with E-state index in [0.29, 0.717) is 65.7 Å². The first-order chi connectivity index (χ1) is 22.1. The second-order valence-electron chi connectivity index (χ2n) is 12.7. The van der Waals surface area contributed by atoms with Crippen molar-refractivity contribution in [2.75, 3.05) is 37.6 Å². The van der Waals surface area contributed by atoms with E-state index in [-0.39, 0.29) is 42.3 Å². The predicted molar refractivity (Wildman–Crippen MR) is 164 cm³/mol. The van der Waals surface area contributed by atoms with Gasteiger partial charge in [-0.05, 0) is 67.8 Å². The molecule has 0 aliphatic carbocycles. The summed E-state index contributed by atoms with van der Waals surface area (Å²) in [6.07, 6.45) is 4.01. The summed E-state index contributed by atoms with van der Waals surface area (Å²) >= 11 is 0. The summed E-state index contributed by atoms with van der Waals surface area (Å²) in [4.78, 5) is 27.6. The maximum Gasteiger partial charge on any atom is 0.319 e. The van der Waals surface area contributed by atoms with Crippen molar-refractivity contribution in [3.8, 4) is 17.4 Å². The van der Waals surface area contributed by atoms with Crippen molar-refractivity contribution in [3.05, 3.63) is 58.3 Å². The number of hydrogen-bond donors (Lipinski definition) is 2. The Morgan fingerprint density at radius 1 is 1.18 bits per heavy atom. The molecule has 4 aliphatic heterocycles. The number of anilines is 1. The summed E-state index contributed by atoms with van der Waals surface area (Å²) in [6, 6.07) is 7.84. The molecule has 4 aromatic rings. The first-order valence-corrected chi connectivity index (χ1v) is 15.5. The Bertz CT molecular complexity index is 1930. The van der Waals surface area contributed by atoms with E-state index in [4.69, 9.17) is 12.5 Å². The molecule has 0 spiro atoms. The molecule has 2 bridgehead atoms. The highest BCUT2D eigenvalue weighted by molar-refractivity contribution is 5.95. The summed E-state index contributed by atoms with van der Waals surface area (Å²) < 4.78 is 55.1. The van der Waals surface area contributed by atoms with E-state index < -0.39 is 29.6 Å². The summed E-state index contributed by atoms with van der Waals surface area (Å²) in [7, 11) is 0. The Labute approximate surface area is 256 Å². The number of nitrogens with zero attached hydrogens (tertiary/aromatic N) is 5. The largest absolute Gasteiger partial charge is 0.508 e. The number of pyridine rings is 1. The molecular weight excluding hydrogens is 566 g/mol. The van der Waals surface area contributed by atoms with Gasteiger partial charge < -0.3 is 20.1 Å². The molecule has 0 amide bonds. The molecule has 9 nitrogen and oxygen atoms in total. The van der Waals surface area contributed by atoms with Gasteiger partial charge in [-0.25, -0.2) is 8.78 Å². The van der Waals surface area contributed by atoms with Gasteiger partial charge in [0.15, 0.2) is 0 Å². The molecule has 4 saturated heterocycles. The van der Waals surface area contributed by atoms with Crippen LogP contribution in [0.3, 0.4) is 0 Å². The predicted octanol–water partition coefficient (Wildman–Crippen LogP) is 4.24. The summed E-state index contributed by atoms with van der Waals surface area (Å²) in [5, 5.41) is 15.8. The van der Waals surface area contributed by atoms with Gasteiger partial charge in [0.1, 0.15) is 35.6 Å². The lowest BCUT2D eigenvalue weighted by molar-refractivity contribution is 0.107. The number of phenols is 1. The van der Waals surface area contributed by atoms with Crippen molar-refractivity contribution in [2.24, 2.45) is 0 Å². The standard InChI is InChI=1S/C33H36F2N6O3/c1-2-24-26(35)7-4-19-12-23(42)13-27(28(19)24)41-11-8-25-29(31(41)43)37-32(38-30(25)39-16-21-5-6-22(17-39)36-21)44-18-33-9-3-10-40(33)15-20(34)14-33/h4,7-8,11-13,20-22,36,42H,2-3,5-6,9-10,14-18H2,1H3/t20-,21-,22+,33+/m1/s1/i18D2. The first kappa shape index (κ1) is 25.5. The average molecular weight is 605 g/mol. The molecule has 4 atom stereocenters. The Morgan fingerprint density at radius 3 is 2.80 bits per heavy atom. The van der Waals surface area contributed by atoms with E-state index in [1.54, 1.807) is 18.3 Å². The van der Waals surface area contributed by atoms with Crippen molar-refractivity contribution in [3.63, 3.8) is 0 Å². The Hall–Kier alpha value is -3.83. The number of alkyl halides is 1. The number of fused-ring (bicyclic) bond motifs is 5. The number of benzene rings is 2. The van der Waals surface area contributed by atoms with Crippen LogP contribution in [0, 0.1) is 5.82 Å². The number of rotatable bonds is 6. The highest BCUT2D eigenvalue weighted by Gasteiger charge is 2.49. The van der Waals surface area contributed by atoms with Crippen LogP contribution in [0.15, 0.2) is 41.3 Å². The zero-order valence-electron chi connectivity index (χ0n) is 26.5. The lowest BCUT2D eigenvalue weighted by Crippen LogP contribution is -2.51. The van der Waals surface area contributed by atoms with Crippen LogP contribution in [0.5, 0.6) is 11.8 Å². The van der Waals surface area contributed by atoms with Crippen LogP contribution in [0.1, 0.15) is 47.3 Å². The third-order valence-electron chi connectivity index (χ3n) is 9.91. The van der Waals surface area contributed by atoms with Gasteiger partial charge in [0.05, 0.1) is 19.4 Å². The number of aryl methyl sites for hydroxylation is 1. The average Bonchev–Trinajstić information content (AvgIpc) is 3.68. The molecule has 0 saturated carbocycles. The van der Waals surface area contributed by atoms with Gasteiger partial charge in [0, 0.05) is 55.8 Å². The van der Waals surface area contributed by atoms with Crippen molar-refractivity contribution in [1.29, 1.82) is 0 Å². The zero-order chi connectivity index (χ0) is 32.0. The number of halogens is 2. The van der Waals surface area contributed by atoms with E-state index in [2.05, 4.69) is 15.2 Å². The molecule has 2 aromatic carbocycles. The molecule has 2 N–H and O–H groups in total. The summed E-state index contributed by atoms with van der Waals surface area (Å²) in [5.41, 5.74) is -0.980. The molecule has 11 heteroatoms. The SMILES string of the molecule is [2H]C([2H])(Oc1nc(N2C[C@H]3CC[C@@H](C2)N3)c2ccn(-c3cc(O)cc4ccc(F)c(CC)c34)c(=O)c2n1)[C@@]12CCCN1C[C@H](F)C2. The molecule has 4 fully saturated rings. The molecule has 6 heterocycles. The monoisotopic (exact) mass is 604 g/mol. The second kappa shape index (κ2) is 10.4. The number of piperazine rings is 1. The van der Waals surface area contributed by atoms with Crippen molar-refractivity contribution < 1.29 is 21.4 Å². The molecule has 8 rings (SSSR count). The number of ether oxygens (including phenoxy) is 1. The molecular formula is C33H36F2N6O3. The summed E-state index contributed by atoms with van der Waals surface area (Å²) in [5.74, 6) is -0.0207. The highest BCUT2D eigenvalue weighted by Crippen LogP contribution is 2.41. The number of phenolic OH excluding ortho intramolecular Hbond substituents is 1. The van der Waals surface area contributed by atoms with Gasteiger partial charge in [-0.15, -0.1) is 0 Å². The normalized spacial score (nSPS) is 27.6. The quantitative estimate of drug-likeness (QED) is 0.338. The lowest BCUT2D eigenvalue weighted by atomic mass is 9.95. The molecule has 4 aliphatic rings. The maximum atomic E-state index is 15.0. The number of hydrogen-bond acceptors (Lipinski definition) is 8. The van der Waals surface area contributed by atoms with Gasteiger partial charge in [-0.3, -0.25) is 14.3 Å². The van der Waals surface area contributed by atoms with Crippen LogP contribution in [-0.4, -0.2) is 81.1 Å². The van der Waals surface area contributed by atoms with Crippen LogP contribution >= 0.6 is 0 Å². The zero-order valence-corrected chi connectivity index (χ0v) is 24.5. The van der Waals surface area contributed by atoms with E-state index in [1.807, 2.05) is 11.8 Å². The van der Waals surface area contributed by atoms with Crippen LogP contribution in [-0.2, 0) is 6.42 Å². The third kappa shape index (κ3) is 4.42. The number of aromatic nitrogens is 3. The van der Waals surface area contributed by atoms with E-state index in [0.717, 1.165) is 19.3 Å². The third-order valence-corrected chi connectivity index (χ3v) is 9.91. The highest BCUT2D eigenvalue weighted by atomic mass is 19.1. The van der Waals surface area contributed by atoms with Crippen LogP contribution < -0.4 is 20.5 Å². The molecule has 0 unspecified atom stereocenters. The van der Waals surface area contributed by atoms with Gasteiger partial charge in [0.25, 0.3) is 5.56 Å². The number of nitrogens with one attached hydrogen (secondary N) is 1. The Balaban J connectivity index is 1.31. The van der Waals surface area contributed by atoms with Crippen molar-refractivity contribution >= 4 is 27.5 Å². The van der Waals surface area contributed by atoms with E-state index >= 15 is 0 Å². The smallest absolute Gasteiger partial charge is 0.319 e. The van der Waals surface area contributed by atoms with Gasteiger partial charge in [-0.1, -0.05) is 13.0 Å². The van der Waals surface area contributed by atoms with Crippen LogP contribution in [0.25, 0.3) is 27.4 Å². The minimum atomic E-state index is -2.33. The fourth-order valence-electron chi connectivity index (χ4n) is 7.94. The van der Waals surface area contributed by atoms with E-state index in [1.165, 1.54) is 22.8 Å². The van der Waals surface area contributed by atoms with E-state index in [9.17, 15) is 18.7 Å². The molecule has 44 heavy (non-hydrogen) atoms. The van der Waals surface area contributed by atoms with Gasteiger partial charge in [0.2, 0.25) is 0 Å². The fraction of sp³-hybridized carbons (Fsp3) is 0.485. The first-order valence-electron chi connectivity index (χ1n) is 16.5. The summed E-state index contributed by atoms with van der Waals surface area (Å²) in [6.45, 7) is 1.53. The van der Waals surface area contributed by atoms with Crippen LogP contribution in [0.2, 0.25) is 0 Å². The topological polar surface area (TPSA) is 95.8 Å². The molecule has 0 radical (unpaired) electrons. The van der Waals surface area contributed by atoms with Crippen LogP contribution in [0.4, 0.5) is 14.6 Å².